The Morgan fingerprint density at radius 1 is 1.16 bits per heavy atom. The number of pyridine rings is 1. The van der Waals surface area contributed by atoms with Crippen LogP contribution in [0.5, 0.6) is 0 Å². The summed E-state index contributed by atoms with van der Waals surface area (Å²) in [5.41, 5.74) is 2.39. The van der Waals surface area contributed by atoms with Gasteiger partial charge in [0.05, 0.1) is 19.3 Å². The first-order valence-corrected chi connectivity index (χ1v) is 7.06. The second-order valence-electron chi connectivity index (χ2n) is 4.57. The molecule has 0 aliphatic carbocycles. The van der Waals surface area contributed by atoms with E-state index >= 15 is 0 Å². The normalized spacial score (nSPS) is 10.5. The lowest BCUT2D eigenvalue weighted by Crippen LogP contribution is -2.39. The highest BCUT2D eigenvalue weighted by Gasteiger charge is 2.19. The minimum Gasteiger partial charge on any atom is -0.234 e. The van der Waals surface area contributed by atoms with Gasteiger partial charge in [-0.15, -0.1) is 0 Å². The van der Waals surface area contributed by atoms with Crippen molar-refractivity contribution in [1.29, 1.82) is 0 Å². The maximum absolute atomic E-state index is 6.10. The number of aryl methyl sites for hydroxylation is 2. The SMILES string of the molecule is CCN(c1cccc(Cl)c1)c1cc(C)cc[n+]1CC. The maximum Gasteiger partial charge on any atom is 0.281 e. The molecule has 19 heavy (non-hydrogen) atoms. The molecule has 1 heterocycles. The largest absolute Gasteiger partial charge is 0.281 e. The Morgan fingerprint density at radius 3 is 2.58 bits per heavy atom. The number of nitrogens with zero attached hydrogens (tertiary/aromatic N) is 2. The molecule has 0 bridgehead atoms. The highest BCUT2D eigenvalue weighted by atomic mass is 35.5. The average molecular weight is 276 g/mol. The first-order chi connectivity index (χ1) is 9.15. The third kappa shape index (κ3) is 3.07. The van der Waals surface area contributed by atoms with Gasteiger partial charge in [-0.05, 0) is 44.5 Å². The Labute approximate surface area is 120 Å². The minimum absolute atomic E-state index is 0.770. The van der Waals surface area contributed by atoms with Gasteiger partial charge in [0.15, 0.2) is 0 Å². The van der Waals surface area contributed by atoms with E-state index in [1.54, 1.807) is 0 Å². The zero-order valence-electron chi connectivity index (χ0n) is 11.7. The van der Waals surface area contributed by atoms with Gasteiger partial charge in [-0.25, -0.2) is 9.47 Å². The van der Waals surface area contributed by atoms with Crippen molar-refractivity contribution in [3.8, 4) is 0 Å². The summed E-state index contributed by atoms with van der Waals surface area (Å²) in [5.74, 6) is 1.20. The molecule has 0 radical (unpaired) electrons. The number of hydrogen-bond acceptors (Lipinski definition) is 1. The Hall–Kier alpha value is -1.54. The van der Waals surface area contributed by atoms with Crippen molar-refractivity contribution in [2.75, 3.05) is 11.4 Å². The molecule has 0 atom stereocenters. The van der Waals surface area contributed by atoms with Gasteiger partial charge in [0.25, 0.3) is 5.82 Å². The van der Waals surface area contributed by atoms with Crippen molar-refractivity contribution in [2.45, 2.75) is 27.3 Å². The number of rotatable bonds is 4. The molecule has 2 nitrogen and oxygen atoms in total. The Morgan fingerprint density at radius 2 is 1.95 bits per heavy atom. The summed E-state index contributed by atoms with van der Waals surface area (Å²) in [4.78, 5) is 2.28. The molecule has 2 rings (SSSR count). The summed E-state index contributed by atoms with van der Waals surface area (Å²) >= 11 is 6.10. The molecule has 1 aromatic carbocycles. The first-order valence-electron chi connectivity index (χ1n) is 6.69. The zero-order chi connectivity index (χ0) is 13.8. The summed E-state index contributed by atoms with van der Waals surface area (Å²) in [7, 11) is 0. The van der Waals surface area contributed by atoms with Crippen LogP contribution in [0.3, 0.4) is 0 Å². The van der Waals surface area contributed by atoms with Crippen LogP contribution in [0.25, 0.3) is 0 Å². The fraction of sp³-hybridized carbons (Fsp3) is 0.312. The Bertz CT molecular complexity index is 566. The molecule has 1 aromatic heterocycles. The molecule has 0 aliphatic rings. The predicted molar refractivity (Wildman–Crippen MR) is 81.2 cm³/mol. The van der Waals surface area contributed by atoms with Gasteiger partial charge in [-0.2, -0.15) is 0 Å². The van der Waals surface area contributed by atoms with E-state index in [0.29, 0.717) is 0 Å². The van der Waals surface area contributed by atoms with Crippen LogP contribution >= 0.6 is 11.6 Å². The second-order valence-corrected chi connectivity index (χ2v) is 5.01. The summed E-state index contributed by atoms with van der Waals surface area (Å²) < 4.78 is 2.25. The van der Waals surface area contributed by atoms with Crippen molar-refractivity contribution in [2.24, 2.45) is 0 Å². The monoisotopic (exact) mass is 275 g/mol. The molecule has 100 valence electrons. The fourth-order valence-corrected chi connectivity index (χ4v) is 2.42. The molecule has 0 saturated carbocycles. The first kappa shape index (κ1) is 13.9. The van der Waals surface area contributed by atoms with Crippen LogP contribution < -0.4 is 9.47 Å². The van der Waals surface area contributed by atoms with Crippen molar-refractivity contribution < 1.29 is 4.57 Å². The van der Waals surface area contributed by atoms with Gasteiger partial charge in [-0.3, -0.25) is 0 Å². The fourth-order valence-electron chi connectivity index (χ4n) is 2.24. The highest BCUT2D eigenvalue weighted by molar-refractivity contribution is 6.30. The van der Waals surface area contributed by atoms with Crippen LogP contribution in [-0.4, -0.2) is 6.54 Å². The molecule has 2 aromatic rings. The van der Waals surface area contributed by atoms with Gasteiger partial charge < -0.3 is 0 Å². The van der Waals surface area contributed by atoms with Gasteiger partial charge in [0, 0.05) is 17.2 Å². The lowest BCUT2D eigenvalue weighted by atomic mass is 10.2. The van der Waals surface area contributed by atoms with E-state index in [2.05, 4.69) is 54.6 Å². The maximum atomic E-state index is 6.10. The van der Waals surface area contributed by atoms with E-state index in [-0.39, 0.29) is 0 Å². The van der Waals surface area contributed by atoms with E-state index in [0.717, 1.165) is 23.8 Å². The Balaban J connectivity index is 2.50. The number of hydrogen-bond donors (Lipinski definition) is 0. The summed E-state index contributed by atoms with van der Waals surface area (Å²) in [5, 5.41) is 0.770. The van der Waals surface area contributed by atoms with Gasteiger partial charge in [-0.1, -0.05) is 17.7 Å². The summed E-state index contributed by atoms with van der Waals surface area (Å²) in [6.45, 7) is 8.29. The molecular weight excluding hydrogens is 256 g/mol. The van der Waals surface area contributed by atoms with Crippen molar-refractivity contribution in [3.05, 3.63) is 53.2 Å². The van der Waals surface area contributed by atoms with Crippen molar-refractivity contribution >= 4 is 23.1 Å². The van der Waals surface area contributed by atoms with Crippen LogP contribution in [0, 0.1) is 6.92 Å². The number of anilines is 2. The third-order valence-corrected chi connectivity index (χ3v) is 3.46. The van der Waals surface area contributed by atoms with Crippen LogP contribution in [0.2, 0.25) is 5.02 Å². The van der Waals surface area contributed by atoms with Crippen molar-refractivity contribution in [3.63, 3.8) is 0 Å². The molecule has 0 amide bonds. The lowest BCUT2D eigenvalue weighted by molar-refractivity contribution is -0.681. The van der Waals surface area contributed by atoms with E-state index in [4.69, 9.17) is 11.6 Å². The Kier molecular flexibility index (Phi) is 4.43. The average Bonchev–Trinajstić information content (AvgIpc) is 2.40. The zero-order valence-corrected chi connectivity index (χ0v) is 12.5. The molecule has 0 N–H and O–H groups in total. The van der Waals surface area contributed by atoms with Crippen LogP contribution in [0.1, 0.15) is 19.4 Å². The van der Waals surface area contributed by atoms with Crippen LogP contribution in [0.15, 0.2) is 42.6 Å². The molecule has 0 fully saturated rings. The number of aromatic nitrogens is 1. The van der Waals surface area contributed by atoms with Gasteiger partial charge in [0.1, 0.15) is 5.69 Å². The number of halogens is 1. The summed E-state index contributed by atoms with van der Waals surface area (Å²) in [6.07, 6.45) is 2.14. The van der Waals surface area contributed by atoms with E-state index in [9.17, 15) is 0 Å². The molecule has 0 spiro atoms. The van der Waals surface area contributed by atoms with Gasteiger partial charge >= 0.3 is 0 Å². The van der Waals surface area contributed by atoms with Crippen LogP contribution in [-0.2, 0) is 6.54 Å². The third-order valence-electron chi connectivity index (χ3n) is 3.22. The standard InChI is InChI=1S/C16H20ClN2/c1-4-18-10-9-13(3)11-16(18)19(5-2)15-8-6-7-14(17)12-15/h6-12H,4-5H2,1-3H3/q+1. The highest BCUT2D eigenvalue weighted by Crippen LogP contribution is 2.25. The minimum atomic E-state index is 0.770. The predicted octanol–water partition coefficient (Wildman–Crippen LogP) is 4.11. The van der Waals surface area contributed by atoms with E-state index in [1.165, 1.54) is 11.4 Å². The second kappa shape index (κ2) is 6.07. The smallest absolute Gasteiger partial charge is 0.234 e. The summed E-state index contributed by atoms with van der Waals surface area (Å²) in [6, 6.07) is 12.4. The van der Waals surface area contributed by atoms with Crippen molar-refractivity contribution in [1.82, 2.24) is 0 Å². The molecule has 0 saturated heterocycles. The van der Waals surface area contributed by atoms with Crippen LogP contribution in [0.4, 0.5) is 11.5 Å². The topological polar surface area (TPSA) is 7.12 Å². The molecule has 0 aliphatic heterocycles. The molecule has 3 heteroatoms. The number of benzene rings is 1. The molecule has 0 unspecified atom stereocenters. The van der Waals surface area contributed by atoms with E-state index in [1.807, 2.05) is 18.2 Å². The molecular formula is C16H20ClN2+. The lowest BCUT2D eigenvalue weighted by Gasteiger charge is -2.18. The van der Waals surface area contributed by atoms with E-state index < -0.39 is 0 Å². The quantitative estimate of drug-likeness (QED) is 0.762. The van der Waals surface area contributed by atoms with Gasteiger partial charge in [0.2, 0.25) is 0 Å².